The molecular formula is C36H39F3N8O4. The smallest absolute Gasteiger partial charge is 0.416 e. The molecule has 2 saturated heterocycles. The lowest BCUT2D eigenvalue weighted by Crippen LogP contribution is -2.46. The Balaban J connectivity index is 0.924. The van der Waals surface area contributed by atoms with Crippen molar-refractivity contribution in [3.63, 3.8) is 0 Å². The van der Waals surface area contributed by atoms with Gasteiger partial charge in [-0.15, -0.1) is 0 Å². The second kappa shape index (κ2) is 14.2. The molecule has 2 aliphatic heterocycles. The molecule has 15 heteroatoms. The highest BCUT2D eigenvalue weighted by atomic mass is 19.4. The van der Waals surface area contributed by atoms with Crippen LogP contribution in [0.15, 0.2) is 96.3 Å². The summed E-state index contributed by atoms with van der Waals surface area (Å²) in [5, 5.41) is 12.5. The van der Waals surface area contributed by atoms with E-state index < -0.39 is 23.6 Å². The van der Waals surface area contributed by atoms with Gasteiger partial charge in [0.15, 0.2) is 0 Å². The number of halogens is 3. The van der Waals surface area contributed by atoms with E-state index in [0.29, 0.717) is 11.3 Å². The monoisotopic (exact) mass is 704 g/mol. The number of ether oxygens (including phenoxy) is 3. The predicted octanol–water partition coefficient (Wildman–Crippen LogP) is 5.29. The Hall–Kier alpha value is -5.15. The maximum Gasteiger partial charge on any atom is 0.416 e. The minimum atomic E-state index is -4.45. The van der Waals surface area contributed by atoms with E-state index in [-0.39, 0.29) is 31.5 Å². The molecule has 0 amide bonds. The lowest BCUT2D eigenvalue weighted by Gasteiger charge is -2.37. The van der Waals surface area contributed by atoms with Crippen molar-refractivity contribution in [1.29, 1.82) is 0 Å². The summed E-state index contributed by atoms with van der Waals surface area (Å²) in [5.74, 6) is -0.710. The molecule has 5 aromatic rings. The van der Waals surface area contributed by atoms with Gasteiger partial charge in [-0.3, -0.25) is 0 Å². The Labute approximate surface area is 292 Å². The Morgan fingerprint density at radius 3 is 2.04 bits per heavy atom. The summed E-state index contributed by atoms with van der Waals surface area (Å²) in [6, 6.07) is 20.7. The topological polar surface area (TPSA) is 105 Å². The van der Waals surface area contributed by atoms with E-state index in [0.717, 1.165) is 61.8 Å². The number of hydrogen-bond acceptors (Lipinski definition) is 9. The number of nitrogens with zero attached hydrogens (tertiary/aromatic N) is 8. The molecule has 0 aliphatic carbocycles. The van der Waals surface area contributed by atoms with Crippen LogP contribution in [0.5, 0.6) is 5.75 Å². The molecule has 2 fully saturated rings. The average Bonchev–Trinajstić information content (AvgIpc) is 3.92. The van der Waals surface area contributed by atoms with Crippen LogP contribution in [0.2, 0.25) is 0 Å². The molecule has 0 radical (unpaired) electrons. The highest BCUT2D eigenvalue weighted by Gasteiger charge is 2.45. The minimum absolute atomic E-state index is 0.0453. The van der Waals surface area contributed by atoms with Gasteiger partial charge in [0, 0.05) is 43.1 Å². The van der Waals surface area contributed by atoms with E-state index in [2.05, 4.69) is 25.1 Å². The molecular weight excluding hydrogens is 665 g/mol. The average molecular weight is 705 g/mol. The van der Waals surface area contributed by atoms with Gasteiger partial charge in [-0.05, 0) is 74.0 Å². The number of hydrogen-bond donors (Lipinski definition) is 0. The normalized spacial score (nSPS) is 20.1. The first-order valence-corrected chi connectivity index (χ1v) is 16.9. The molecule has 3 unspecified atom stereocenters. The van der Waals surface area contributed by atoms with Gasteiger partial charge in [-0.25, -0.2) is 14.0 Å². The quantitative estimate of drug-likeness (QED) is 0.182. The van der Waals surface area contributed by atoms with Crippen molar-refractivity contribution in [2.75, 3.05) is 49.2 Å². The third kappa shape index (κ3) is 7.35. The van der Waals surface area contributed by atoms with Gasteiger partial charge in [0.25, 0.3) is 0 Å². The zero-order valence-corrected chi connectivity index (χ0v) is 28.3. The molecule has 7 rings (SSSR count). The first kappa shape index (κ1) is 34.3. The molecule has 0 saturated carbocycles. The minimum Gasteiger partial charge on any atom is -0.491 e. The molecule has 268 valence electrons. The van der Waals surface area contributed by atoms with Crippen LogP contribution in [0.3, 0.4) is 0 Å². The van der Waals surface area contributed by atoms with E-state index in [1.165, 1.54) is 34.0 Å². The number of benzene rings is 3. The lowest BCUT2D eigenvalue weighted by atomic mass is 10.0. The largest absolute Gasteiger partial charge is 0.491 e. The van der Waals surface area contributed by atoms with Crippen molar-refractivity contribution in [3.8, 4) is 11.4 Å². The van der Waals surface area contributed by atoms with Crippen LogP contribution < -0.4 is 20.2 Å². The van der Waals surface area contributed by atoms with Gasteiger partial charge in [-0.1, -0.05) is 19.1 Å². The van der Waals surface area contributed by atoms with E-state index in [4.69, 9.17) is 14.2 Å². The van der Waals surface area contributed by atoms with Crippen LogP contribution >= 0.6 is 0 Å². The molecule has 12 nitrogen and oxygen atoms in total. The van der Waals surface area contributed by atoms with Crippen molar-refractivity contribution in [2.24, 2.45) is 0 Å². The lowest BCUT2D eigenvalue weighted by molar-refractivity contribution is -0.192. The molecule has 3 atom stereocenters. The predicted molar refractivity (Wildman–Crippen MR) is 183 cm³/mol. The van der Waals surface area contributed by atoms with Gasteiger partial charge >= 0.3 is 11.9 Å². The summed E-state index contributed by atoms with van der Waals surface area (Å²) in [5.41, 5.74) is 2.51. The van der Waals surface area contributed by atoms with Gasteiger partial charge < -0.3 is 24.0 Å². The van der Waals surface area contributed by atoms with Gasteiger partial charge in [0.05, 0.1) is 36.3 Å². The molecule has 0 spiro atoms. The molecule has 2 aromatic heterocycles. The number of anilines is 2. The van der Waals surface area contributed by atoms with Crippen LogP contribution in [0.4, 0.5) is 24.5 Å². The summed E-state index contributed by atoms with van der Waals surface area (Å²) < 4.78 is 61.2. The Bertz CT molecular complexity index is 1940. The maximum atomic E-state index is 13.2. The summed E-state index contributed by atoms with van der Waals surface area (Å²) >= 11 is 0. The standard InChI is InChI=1S/C36H39F3N8O4/c1-3-26(2)47-34(48)45(25-42-47)31-10-8-29(9-11-31)43-18-20-44(21-19-43)30-12-14-32(15-13-30)49-22-33-23-50-35(51-33,24-46-40-16-17-41-46)27-4-6-28(7-5-27)36(37,38)39/h4-17,25-26,33H,3,18-24H2,1-2H3. The maximum absolute atomic E-state index is 13.2. The van der Waals surface area contributed by atoms with Crippen LogP contribution in [-0.4, -0.2) is 74.8 Å². The summed E-state index contributed by atoms with van der Waals surface area (Å²) in [6.07, 6.45) is 0.496. The highest BCUT2D eigenvalue weighted by molar-refractivity contribution is 5.54. The third-order valence-electron chi connectivity index (χ3n) is 9.44. The van der Waals surface area contributed by atoms with E-state index >= 15 is 0 Å². The van der Waals surface area contributed by atoms with Gasteiger partial charge in [-0.2, -0.15) is 33.3 Å². The first-order valence-electron chi connectivity index (χ1n) is 16.9. The highest BCUT2D eigenvalue weighted by Crippen LogP contribution is 2.38. The van der Waals surface area contributed by atoms with Crippen molar-refractivity contribution >= 4 is 11.4 Å². The number of aromatic nitrogens is 6. The Morgan fingerprint density at radius 2 is 1.45 bits per heavy atom. The molecule has 4 heterocycles. The van der Waals surface area contributed by atoms with Gasteiger partial charge in [0.1, 0.15) is 31.3 Å². The third-order valence-corrected chi connectivity index (χ3v) is 9.44. The zero-order valence-electron chi connectivity index (χ0n) is 28.3. The van der Waals surface area contributed by atoms with E-state index in [9.17, 15) is 18.0 Å². The zero-order chi connectivity index (χ0) is 35.6. The van der Waals surface area contributed by atoms with Crippen LogP contribution in [0, 0.1) is 0 Å². The van der Waals surface area contributed by atoms with Crippen LogP contribution in [0.25, 0.3) is 5.69 Å². The SMILES string of the molecule is CCC(C)n1ncn(-c2ccc(N3CCN(c4ccc(OCC5COC(Cn6nccn6)(c6ccc(C(F)(F)F)cc6)O5)cc4)CC3)cc2)c1=O. The second-order valence-corrected chi connectivity index (χ2v) is 12.7. The first-order chi connectivity index (χ1) is 24.6. The summed E-state index contributed by atoms with van der Waals surface area (Å²) in [4.78, 5) is 18.8. The van der Waals surface area contributed by atoms with Crippen molar-refractivity contribution in [2.45, 2.75) is 50.9 Å². The summed E-state index contributed by atoms with van der Waals surface area (Å²) in [7, 11) is 0. The number of alkyl halides is 3. The molecule has 0 N–H and O–H groups in total. The number of rotatable bonds is 11. The fourth-order valence-corrected chi connectivity index (χ4v) is 6.35. The molecule has 0 bridgehead atoms. The fourth-order valence-electron chi connectivity index (χ4n) is 6.35. The number of piperazine rings is 1. The van der Waals surface area contributed by atoms with Crippen molar-refractivity contribution < 1.29 is 27.4 Å². The second-order valence-electron chi connectivity index (χ2n) is 12.7. The van der Waals surface area contributed by atoms with Crippen molar-refractivity contribution in [1.82, 2.24) is 29.3 Å². The molecule has 3 aromatic carbocycles. The fraction of sp³-hybridized carbons (Fsp3) is 0.389. The van der Waals surface area contributed by atoms with Gasteiger partial charge in [0.2, 0.25) is 5.79 Å². The van der Waals surface area contributed by atoms with Crippen molar-refractivity contribution in [3.05, 3.63) is 113 Å². The molecule has 2 aliphatic rings. The van der Waals surface area contributed by atoms with E-state index in [1.54, 1.807) is 10.9 Å². The molecule has 51 heavy (non-hydrogen) atoms. The van der Waals surface area contributed by atoms with E-state index in [1.807, 2.05) is 62.4 Å². The Kier molecular flexibility index (Phi) is 9.57. The summed E-state index contributed by atoms with van der Waals surface area (Å²) in [6.45, 7) is 7.80. The van der Waals surface area contributed by atoms with Crippen LogP contribution in [-0.2, 0) is 28.0 Å². The Morgan fingerprint density at radius 1 is 0.863 bits per heavy atom. The van der Waals surface area contributed by atoms with Crippen LogP contribution in [0.1, 0.15) is 37.4 Å².